The van der Waals surface area contributed by atoms with E-state index in [0.717, 1.165) is 0 Å². The zero-order valence-corrected chi connectivity index (χ0v) is 13.7. The molecule has 2 rings (SSSR count). The Morgan fingerprint density at radius 3 is 2.82 bits per heavy atom. The van der Waals surface area contributed by atoms with Crippen molar-refractivity contribution >= 4 is 23.6 Å². The number of nitrogens with zero attached hydrogens (tertiary/aromatic N) is 2. The molecule has 120 valence electrons. The second-order valence-corrected chi connectivity index (χ2v) is 6.59. The molecule has 7 heteroatoms. The highest BCUT2D eigenvalue weighted by Gasteiger charge is 2.30. The van der Waals surface area contributed by atoms with E-state index in [1.807, 2.05) is 20.8 Å². The van der Waals surface area contributed by atoms with Gasteiger partial charge in [0, 0.05) is 25.3 Å². The van der Waals surface area contributed by atoms with E-state index in [0.29, 0.717) is 25.1 Å². The van der Waals surface area contributed by atoms with Gasteiger partial charge in [0.25, 0.3) is 5.91 Å². The third kappa shape index (κ3) is 4.34. The van der Waals surface area contributed by atoms with Crippen LogP contribution in [-0.4, -0.2) is 46.6 Å². The summed E-state index contributed by atoms with van der Waals surface area (Å²) in [6.45, 7) is 6.46. The van der Waals surface area contributed by atoms with Crippen LogP contribution in [-0.2, 0) is 4.74 Å². The molecule has 0 saturated carbocycles. The van der Waals surface area contributed by atoms with Gasteiger partial charge >= 0.3 is 6.09 Å². The smallest absolute Gasteiger partial charge is 0.410 e. The number of rotatable bonds is 2. The summed E-state index contributed by atoms with van der Waals surface area (Å²) in [7, 11) is 0. The molecule has 2 amide bonds. The van der Waals surface area contributed by atoms with E-state index in [9.17, 15) is 9.59 Å². The molecule has 1 saturated heterocycles. The minimum Gasteiger partial charge on any atom is -0.444 e. The van der Waals surface area contributed by atoms with E-state index in [1.54, 1.807) is 17.0 Å². The summed E-state index contributed by atoms with van der Waals surface area (Å²) in [5.74, 6) is -0.283. The van der Waals surface area contributed by atoms with Gasteiger partial charge in [0.05, 0.1) is 5.56 Å². The van der Waals surface area contributed by atoms with Crippen molar-refractivity contribution in [3.05, 3.63) is 29.0 Å². The molecule has 0 spiro atoms. The first-order valence-corrected chi connectivity index (χ1v) is 7.53. The van der Waals surface area contributed by atoms with Crippen molar-refractivity contribution in [3.63, 3.8) is 0 Å². The Morgan fingerprint density at radius 1 is 1.45 bits per heavy atom. The molecule has 22 heavy (non-hydrogen) atoms. The topological polar surface area (TPSA) is 71.5 Å². The van der Waals surface area contributed by atoms with Crippen molar-refractivity contribution < 1.29 is 14.3 Å². The minimum absolute atomic E-state index is 0.115. The van der Waals surface area contributed by atoms with Crippen molar-refractivity contribution in [2.24, 2.45) is 0 Å². The minimum atomic E-state index is -0.526. The van der Waals surface area contributed by atoms with Gasteiger partial charge in [0.15, 0.2) is 0 Å². The van der Waals surface area contributed by atoms with Crippen LogP contribution in [0.2, 0.25) is 5.15 Å². The number of likely N-dealkylation sites (tertiary alicyclic amines) is 1. The molecule has 1 aromatic rings. The summed E-state index contributed by atoms with van der Waals surface area (Å²) in [4.78, 5) is 29.6. The third-order valence-electron chi connectivity index (χ3n) is 3.18. The van der Waals surface area contributed by atoms with Gasteiger partial charge in [-0.25, -0.2) is 9.78 Å². The van der Waals surface area contributed by atoms with Gasteiger partial charge in [-0.1, -0.05) is 11.6 Å². The lowest BCUT2D eigenvalue weighted by molar-refractivity contribution is 0.0290. The lowest BCUT2D eigenvalue weighted by Gasteiger charge is -2.24. The van der Waals surface area contributed by atoms with Crippen LogP contribution in [0.4, 0.5) is 4.79 Å². The van der Waals surface area contributed by atoms with E-state index in [-0.39, 0.29) is 23.2 Å². The molecule has 0 bridgehead atoms. The van der Waals surface area contributed by atoms with Crippen LogP contribution in [0.15, 0.2) is 18.3 Å². The molecule has 1 N–H and O–H groups in total. The van der Waals surface area contributed by atoms with Gasteiger partial charge in [-0.2, -0.15) is 0 Å². The summed E-state index contributed by atoms with van der Waals surface area (Å²) in [5.41, 5.74) is -0.193. The number of aromatic nitrogens is 1. The van der Waals surface area contributed by atoms with Gasteiger partial charge < -0.3 is 15.0 Å². The number of amides is 2. The number of carbonyl (C=O) groups is 2. The fraction of sp³-hybridized carbons (Fsp3) is 0.533. The molecule has 2 heterocycles. The Hall–Kier alpha value is -1.82. The fourth-order valence-corrected chi connectivity index (χ4v) is 2.39. The van der Waals surface area contributed by atoms with Crippen molar-refractivity contribution in [2.75, 3.05) is 13.1 Å². The predicted octanol–water partition coefficient (Wildman–Crippen LogP) is 2.47. The van der Waals surface area contributed by atoms with Crippen molar-refractivity contribution in [1.29, 1.82) is 0 Å². The summed E-state index contributed by atoms with van der Waals surface area (Å²) >= 11 is 5.90. The summed E-state index contributed by atoms with van der Waals surface area (Å²) < 4.78 is 5.32. The maximum absolute atomic E-state index is 12.2. The number of pyridine rings is 1. The van der Waals surface area contributed by atoms with Crippen LogP contribution >= 0.6 is 11.6 Å². The lowest BCUT2D eigenvalue weighted by Crippen LogP contribution is -2.40. The van der Waals surface area contributed by atoms with Gasteiger partial charge in [0.1, 0.15) is 10.8 Å². The molecule has 1 atom stereocenters. The Morgan fingerprint density at radius 2 is 2.18 bits per heavy atom. The molecule has 0 radical (unpaired) electrons. The highest BCUT2D eigenvalue weighted by Crippen LogP contribution is 2.17. The van der Waals surface area contributed by atoms with Crippen LogP contribution in [0.5, 0.6) is 0 Å². The molecular weight excluding hydrogens is 306 g/mol. The van der Waals surface area contributed by atoms with Crippen LogP contribution in [0.1, 0.15) is 37.6 Å². The van der Waals surface area contributed by atoms with Gasteiger partial charge in [-0.3, -0.25) is 4.79 Å². The lowest BCUT2D eigenvalue weighted by atomic mass is 10.2. The molecule has 1 unspecified atom stereocenters. The monoisotopic (exact) mass is 325 g/mol. The maximum Gasteiger partial charge on any atom is 0.410 e. The normalized spacial score (nSPS) is 18.2. The van der Waals surface area contributed by atoms with E-state index < -0.39 is 5.60 Å². The molecule has 6 nitrogen and oxygen atoms in total. The van der Waals surface area contributed by atoms with Crippen LogP contribution < -0.4 is 5.32 Å². The summed E-state index contributed by atoms with van der Waals surface area (Å²) in [6.07, 6.45) is 1.85. The third-order valence-corrected chi connectivity index (χ3v) is 3.48. The molecule has 0 aliphatic carbocycles. The second kappa shape index (κ2) is 6.52. The van der Waals surface area contributed by atoms with Gasteiger partial charge in [-0.15, -0.1) is 0 Å². The fourth-order valence-electron chi connectivity index (χ4n) is 2.19. The van der Waals surface area contributed by atoms with Gasteiger partial charge in [-0.05, 0) is 39.3 Å². The molecule has 0 aromatic carbocycles. The number of ether oxygens (including phenoxy) is 1. The number of nitrogens with one attached hydrogen (secondary N) is 1. The SMILES string of the molecule is CC(C)(C)OC(=O)N1CCC(NC(=O)c2cccnc2Cl)C1. The molecular formula is C15H20ClN3O3. The Labute approximate surface area is 134 Å². The molecule has 1 fully saturated rings. The number of carbonyl (C=O) groups excluding carboxylic acids is 2. The molecule has 1 aliphatic heterocycles. The quantitative estimate of drug-likeness (QED) is 0.848. The average molecular weight is 326 g/mol. The maximum atomic E-state index is 12.2. The van der Waals surface area contributed by atoms with Crippen molar-refractivity contribution in [1.82, 2.24) is 15.2 Å². The zero-order valence-electron chi connectivity index (χ0n) is 12.9. The van der Waals surface area contributed by atoms with E-state index >= 15 is 0 Å². The first-order valence-electron chi connectivity index (χ1n) is 7.15. The number of hydrogen-bond acceptors (Lipinski definition) is 4. The van der Waals surface area contributed by atoms with E-state index in [1.165, 1.54) is 6.20 Å². The standard InChI is InChI=1S/C15H20ClN3O3/c1-15(2,3)22-14(21)19-8-6-10(9-19)18-13(20)11-5-4-7-17-12(11)16/h4-5,7,10H,6,8-9H2,1-3H3,(H,18,20). The molecule has 1 aliphatic rings. The largest absolute Gasteiger partial charge is 0.444 e. The first-order chi connectivity index (χ1) is 10.3. The summed E-state index contributed by atoms with van der Waals surface area (Å²) in [6, 6.07) is 3.16. The predicted molar refractivity (Wildman–Crippen MR) is 82.9 cm³/mol. The summed E-state index contributed by atoms with van der Waals surface area (Å²) in [5, 5.41) is 3.04. The first kappa shape index (κ1) is 16.5. The van der Waals surface area contributed by atoms with Crippen molar-refractivity contribution in [3.8, 4) is 0 Å². The highest BCUT2D eigenvalue weighted by atomic mass is 35.5. The van der Waals surface area contributed by atoms with E-state index in [2.05, 4.69) is 10.3 Å². The Kier molecular flexibility index (Phi) is 4.90. The Balaban J connectivity index is 1.90. The average Bonchev–Trinajstić information content (AvgIpc) is 2.85. The van der Waals surface area contributed by atoms with Crippen LogP contribution in [0, 0.1) is 0 Å². The van der Waals surface area contributed by atoms with Crippen LogP contribution in [0.3, 0.4) is 0 Å². The van der Waals surface area contributed by atoms with Crippen LogP contribution in [0.25, 0.3) is 0 Å². The highest BCUT2D eigenvalue weighted by molar-refractivity contribution is 6.32. The molecule has 1 aromatic heterocycles. The number of hydrogen-bond donors (Lipinski definition) is 1. The van der Waals surface area contributed by atoms with Crippen molar-refractivity contribution in [2.45, 2.75) is 38.8 Å². The van der Waals surface area contributed by atoms with E-state index in [4.69, 9.17) is 16.3 Å². The number of halogens is 1. The second-order valence-electron chi connectivity index (χ2n) is 6.23. The Bertz CT molecular complexity index is 571. The van der Waals surface area contributed by atoms with Gasteiger partial charge in [0.2, 0.25) is 0 Å². The zero-order chi connectivity index (χ0) is 16.3.